The van der Waals surface area contributed by atoms with E-state index in [2.05, 4.69) is 41.3 Å². The molecule has 0 bridgehead atoms. The minimum absolute atomic E-state index is 0.567. The van der Waals surface area contributed by atoms with Crippen molar-refractivity contribution in [3.63, 3.8) is 0 Å². The number of likely N-dealkylation sites (tertiary alicyclic amines) is 1. The molecule has 1 fully saturated rings. The molecular weight excluding hydrogens is 274 g/mol. The highest BCUT2D eigenvalue weighted by molar-refractivity contribution is 5.37. The number of methoxy groups -OCH3 is 1. The molecule has 1 saturated heterocycles. The van der Waals surface area contributed by atoms with Crippen LogP contribution in [-0.4, -0.2) is 34.9 Å². The van der Waals surface area contributed by atoms with Gasteiger partial charge in [-0.15, -0.1) is 0 Å². The maximum absolute atomic E-state index is 5.52. The molecule has 4 heteroatoms. The van der Waals surface area contributed by atoms with Gasteiger partial charge in [-0.05, 0) is 31.0 Å². The van der Waals surface area contributed by atoms with Gasteiger partial charge in [0, 0.05) is 37.8 Å². The largest absolute Gasteiger partial charge is 0.496 e. The van der Waals surface area contributed by atoms with Crippen molar-refractivity contribution >= 4 is 0 Å². The first kappa shape index (κ1) is 15.1. The summed E-state index contributed by atoms with van der Waals surface area (Å²) in [5, 5.41) is 4.55. The van der Waals surface area contributed by atoms with Crippen LogP contribution in [0.25, 0.3) is 0 Å². The summed E-state index contributed by atoms with van der Waals surface area (Å²) in [6, 6.07) is 8.41. The number of hydrogen-bond acceptors (Lipinski definition) is 3. The first-order chi connectivity index (χ1) is 10.7. The molecule has 0 radical (unpaired) electrons. The molecular formula is C18H25N3O. The van der Waals surface area contributed by atoms with Gasteiger partial charge in [-0.1, -0.05) is 25.1 Å². The molecule has 118 valence electrons. The number of nitrogens with zero attached hydrogens (tertiary/aromatic N) is 3. The standard InChI is InChI=1S/C18H25N3O/c1-4-17-15(11-20(2)19-17)13-21-10-9-14(12-21)16-7-5-6-8-18(16)22-3/h5-8,11,14H,4,9-10,12-13H2,1-3H3/t14-/m0/s1. The monoisotopic (exact) mass is 299 g/mol. The Hall–Kier alpha value is -1.81. The highest BCUT2D eigenvalue weighted by Crippen LogP contribution is 2.34. The molecule has 2 heterocycles. The SMILES string of the molecule is CCc1nn(C)cc1CN1CC[C@H](c2ccccc2OC)C1. The summed E-state index contributed by atoms with van der Waals surface area (Å²) in [5.74, 6) is 1.59. The van der Waals surface area contributed by atoms with E-state index in [1.54, 1.807) is 7.11 Å². The van der Waals surface area contributed by atoms with Crippen molar-refractivity contribution in [2.75, 3.05) is 20.2 Å². The molecule has 0 N–H and O–H groups in total. The van der Waals surface area contributed by atoms with Crippen LogP contribution < -0.4 is 4.74 Å². The highest BCUT2D eigenvalue weighted by atomic mass is 16.5. The van der Waals surface area contributed by atoms with E-state index in [0.29, 0.717) is 5.92 Å². The van der Waals surface area contributed by atoms with E-state index in [1.807, 2.05) is 17.8 Å². The van der Waals surface area contributed by atoms with Crippen molar-refractivity contribution in [3.05, 3.63) is 47.3 Å². The van der Waals surface area contributed by atoms with Crippen molar-refractivity contribution in [1.29, 1.82) is 0 Å². The van der Waals surface area contributed by atoms with Crippen LogP contribution in [0.2, 0.25) is 0 Å². The summed E-state index contributed by atoms with van der Waals surface area (Å²) >= 11 is 0. The van der Waals surface area contributed by atoms with Crippen molar-refractivity contribution in [1.82, 2.24) is 14.7 Å². The van der Waals surface area contributed by atoms with Crippen molar-refractivity contribution in [2.45, 2.75) is 32.2 Å². The third-order valence-electron chi connectivity index (χ3n) is 4.57. The topological polar surface area (TPSA) is 30.3 Å². The summed E-state index contributed by atoms with van der Waals surface area (Å²) in [4.78, 5) is 2.54. The van der Waals surface area contributed by atoms with Gasteiger partial charge in [0.2, 0.25) is 0 Å². The molecule has 2 aromatic rings. The Balaban J connectivity index is 1.69. The van der Waals surface area contributed by atoms with E-state index in [0.717, 1.165) is 31.8 Å². The Kier molecular flexibility index (Phi) is 4.48. The van der Waals surface area contributed by atoms with E-state index >= 15 is 0 Å². The molecule has 1 aliphatic heterocycles. The lowest BCUT2D eigenvalue weighted by molar-refractivity contribution is 0.324. The minimum atomic E-state index is 0.567. The van der Waals surface area contributed by atoms with E-state index in [1.165, 1.54) is 23.2 Å². The predicted octanol–water partition coefficient (Wildman–Crippen LogP) is 2.98. The summed E-state index contributed by atoms with van der Waals surface area (Å²) in [6.07, 6.45) is 4.36. The molecule has 1 atom stereocenters. The first-order valence-corrected chi connectivity index (χ1v) is 8.08. The van der Waals surface area contributed by atoms with Crippen molar-refractivity contribution in [3.8, 4) is 5.75 Å². The number of ether oxygens (including phenoxy) is 1. The molecule has 0 amide bonds. The van der Waals surface area contributed by atoms with E-state index in [-0.39, 0.29) is 0 Å². The van der Waals surface area contributed by atoms with Crippen molar-refractivity contribution in [2.24, 2.45) is 7.05 Å². The minimum Gasteiger partial charge on any atom is -0.496 e. The average Bonchev–Trinajstić information content (AvgIpc) is 3.14. The molecule has 1 aliphatic rings. The summed E-state index contributed by atoms with van der Waals surface area (Å²) in [6.45, 7) is 5.41. The molecule has 0 saturated carbocycles. The lowest BCUT2D eigenvalue weighted by atomic mass is 9.97. The van der Waals surface area contributed by atoms with E-state index < -0.39 is 0 Å². The fourth-order valence-electron chi connectivity index (χ4n) is 3.49. The first-order valence-electron chi connectivity index (χ1n) is 8.08. The van der Waals surface area contributed by atoms with Gasteiger partial charge < -0.3 is 4.74 Å². The Morgan fingerprint density at radius 1 is 1.32 bits per heavy atom. The van der Waals surface area contributed by atoms with Crippen LogP contribution in [0.1, 0.15) is 36.1 Å². The summed E-state index contributed by atoms with van der Waals surface area (Å²) < 4.78 is 7.45. The Bertz CT molecular complexity index is 635. The fraction of sp³-hybridized carbons (Fsp3) is 0.500. The number of aromatic nitrogens is 2. The number of hydrogen-bond donors (Lipinski definition) is 0. The van der Waals surface area contributed by atoms with Gasteiger partial charge in [-0.2, -0.15) is 5.10 Å². The number of para-hydroxylation sites is 1. The number of benzene rings is 1. The molecule has 0 aliphatic carbocycles. The highest BCUT2D eigenvalue weighted by Gasteiger charge is 2.26. The Labute approximate surface area is 132 Å². The summed E-state index contributed by atoms with van der Waals surface area (Å²) in [7, 11) is 3.76. The number of aryl methyl sites for hydroxylation is 2. The average molecular weight is 299 g/mol. The van der Waals surface area contributed by atoms with Crippen LogP contribution in [-0.2, 0) is 20.0 Å². The van der Waals surface area contributed by atoms with Gasteiger partial charge in [-0.3, -0.25) is 9.58 Å². The maximum atomic E-state index is 5.52. The van der Waals surface area contributed by atoms with Gasteiger partial charge in [0.05, 0.1) is 12.8 Å². The lowest BCUT2D eigenvalue weighted by Gasteiger charge is -2.17. The van der Waals surface area contributed by atoms with Gasteiger partial charge >= 0.3 is 0 Å². The molecule has 1 aromatic heterocycles. The van der Waals surface area contributed by atoms with Gasteiger partial charge in [0.15, 0.2) is 0 Å². The summed E-state index contributed by atoms with van der Waals surface area (Å²) in [5.41, 5.74) is 3.93. The second-order valence-corrected chi connectivity index (χ2v) is 6.09. The van der Waals surface area contributed by atoms with E-state index in [9.17, 15) is 0 Å². The molecule has 22 heavy (non-hydrogen) atoms. The zero-order valence-electron chi connectivity index (χ0n) is 13.7. The van der Waals surface area contributed by atoms with Crippen LogP contribution in [0.15, 0.2) is 30.5 Å². The predicted molar refractivity (Wildman–Crippen MR) is 88.2 cm³/mol. The normalized spacial score (nSPS) is 18.8. The van der Waals surface area contributed by atoms with Crippen LogP contribution in [0.3, 0.4) is 0 Å². The van der Waals surface area contributed by atoms with E-state index in [4.69, 9.17) is 4.74 Å². The zero-order valence-corrected chi connectivity index (χ0v) is 13.7. The Morgan fingerprint density at radius 2 is 2.14 bits per heavy atom. The maximum Gasteiger partial charge on any atom is 0.122 e. The molecule has 3 rings (SSSR count). The van der Waals surface area contributed by atoms with Gasteiger partial charge in [0.1, 0.15) is 5.75 Å². The van der Waals surface area contributed by atoms with Gasteiger partial charge in [-0.25, -0.2) is 0 Å². The van der Waals surface area contributed by atoms with Crippen LogP contribution in [0.4, 0.5) is 0 Å². The molecule has 0 spiro atoms. The quantitative estimate of drug-likeness (QED) is 0.850. The van der Waals surface area contributed by atoms with Crippen LogP contribution in [0.5, 0.6) is 5.75 Å². The zero-order chi connectivity index (χ0) is 15.5. The number of rotatable bonds is 5. The Morgan fingerprint density at radius 3 is 2.91 bits per heavy atom. The van der Waals surface area contributed by atoms with Gasteiger partial charge in [0.25, 0.3) is 0 Å². The van der Waals surface area contributed by atoms with Crippen LogP contribution >= 0.6 is 0 Å². The molecule has 4 nitrogen and oxygen atoms in total. The fourth-order valence-corrected chi connectivity index (χ4v) is 3.49. The molecule has 1 aromatic carbocycles. The third kappa shape index (κ3) is 3.02. The third-order valence-corrected chi connectivity index (χ3v) is 4.57. The smallest absolute Gasteiger partial charge is 0.122 e. The second-order valence-electron chi connectivity index (χ2n) is 6.09. The van der Waals surface area contributed by atoms with Crippen LogP contribution in [0, 0.1) is 0 Å². The van der Waals surface area contributed by atoms with Crippen molar-refractivity contribution < 1.29 is 4.74 Å². The second kappa shape index (κ2) is 6.53. The molecule has 0 unspecified atom stereocenters. The lowest BCUT2D eigenvalue weighted by Crippen LogP contribution is -2.20.